The van der Waals surface area contributed by atoms with Gasteiger partial charge in [-0.3, -0.25) is 14.4 Å². The second-order valence-corrected chi connectivity index (χ2v) is 10.7. The molecule has 10 nitrogen and oxygen atoms in total. The minimum absolute atomic E-state index is 0.0503. The van der Waals surface area contributed by atoms with E-state index < -0.39 is 47.9 Å². The van der Waals surface area contributed by atoms with E-state index in [0.29, 0.717) is 12.1 Å². The number of primary amides is 1. The monoisotopic (exact) mass is 524 g/mol. The second kappa shape index (κ2) is 11.5. The summed E-state index contributed by atoms with van der Waals surface area (Å²) in [5, 5.41) is 16.1. The Labute approximate surface area is 222 Å². The molecule has 1 aliphatic carbocycles. The van der Waals surface area contributed by atoms with Gasteiger partial charge in [0.15, 0.2) is 0 Å². The van der Waals surface area contributed by atoms with Gasteiger partial charge in [0.25, 0.3) is 5.91 Å². The first-order valence-electron chi connectivity index (χ1n) is 12.5. The van der Waals surface area contributed by atoms with Crippen LogP contribution in [0.3, 0.4) is 0 Å². The van der Waals surface area contributed by atoms with Gasteiger partial charge in [-0.15, -0.1) is 0 Å². The number of ether oxygens (including phenoxy) is 1. The van der Waals surface area contributed by atoms with Gasteiger partial charge in [0, 0.05) is 17.3 Å². The molecular formula is C28H36N4O6. The molecule has 3 rings (SSSR count). The predicted molar refractivity (Wildman–Crippen MR) is 142 cm³/mol. The van der Waals surface area contributed by atoms with Crippen molar-refractivity contribution in [2.45, 2.75) is 71.2 Å². The fraction of sp³-hybridized carbons (Fsp3) is 0.429. The number of alkyl carbamates (subject to hydrolysis) is 1. The molecule has 1 aliphatic rings. The summed E-state index contributed by atoms with van der Waals surface area (Å²) in [7, 11) is 0. The Morgan fingerprint density at radius 3 is 2.26 bits per heavy atom. The highest BCUT2D eigenvalue weighted by molar-refractivity contribution is 6.00. The zero-order valence-electron chi connectivity index (χ0n) is 22.4. The van der Waals surface area contributed by atoms with Gasteiger partial charge in [-0.1, -0.05) is 43.3 Å². The van der Waals surface area contributed by atoms with Crippen molar-refractivity contribution in [2.24, 2.45) is 11.7 Å². The molecule has 0 bridgehead atoms. The molecule has 4 unspecified atom stereocenters. The summed E-state index contributed by atoms with van der Waals surface area (Å²) >= 11 is 0. The Morgan fingerprint density at radius 2 is 1.71 bits per heavy atom. The number of aromatic hydroxyl groups is 1. The summed E-state index contributed by atoms with van der Waals surface area (Å²) in [5.74, 6) is -2.17. The van der Waals surface area contributed by atoms with Crippen LogP contribution in [0.4, 0.5) is 10.5 Å². The lowest BCUT2D eigenvalue weighted by molar-refractivity contribution is -0.142. The van der Waals surface area contributed by atoms with Crippen molar-refractivity contribution in [3.8, 4) is 5.75 Å². The van der Waals surface area contributed by atoms with E-state index in [-0.39, 0.29) is 23.3 Å². The Balaban J connectivity index is 2.05. The standard InChI is InChI=1S/C28H36N4O6/c1-16-10-6-8-12-19(16)30-25(35)24(18-11-7-9-13-22(18)33)32(21-14-17(21)2)26(36)20(15-23(29)34)31-27(37)38-28(3,4)5/h6-13,17,20-21,24,33H,14-15H2,1-5H3,(H2,29,34)(H,30,35)(H,31,37). The van der Waals surface area contributed by atoms with Crippen molar-refractivity contribution in [1.82, 2.24) is 10.2 Å². The quantitative estimate of drug-likeness (QED) is 0.395. The van der Waals surface area contributed by atoms with Crippen LogP contribution in [-0.2, 0) is 19.1 Å². The van der Waals surface area contributed by atoms with Crippen LogP contribution >= 0.6 is 0 Å². The third-order valence-electron chi connectivity index (χ3n) is 6.23. The van der Waals surface area contributed by atoms with E-state index in [1.54, 1.807) is 51.1 Å². The average molecular weight is 525 g/mol. The average Bonchev–Trinajstić information content (AvgIpc) is 3.52. The van der Waals surface area contributed by atoms with E-state index in [0.717, 1.165) is 5.56 Å². The molecule has 2 aromatic rings. The fourth-order valence-corrected chi connectivity index (χ4v) is 4.25. The van der Waals surface area contributed by atoms with Gasteiger partial charge < -0.3 is 31.1 Å². The molecule has 0 aromatic heterocycles. The normalized spacial score (nSPS) is 18.0. The first-order chi connectivity index (χ1) is 17.8. The lowest BCUT2D eigenvalue weighted by Crippen LogP contribution is -2.54. The van der Waals surface area contributed by atoms with Gasteiger partial charge in [0.2, 0.25) is 11.8 Å². The molecule has 1 fully saturated rings. The Hall–Kier alpha value is -4.08. The van der Waals surface area contributed by atoms with Gasteiger partial charge in [-0.25, -0.2) is 4.79 Å². The van der Waals surface area contributed by atoms with Gasteiger partial charge in [-0.2, -0.15) is 0 Å². The van der Waals surface area contributed by atoms with Crippen molar-refractivity contribution in [3.63, 3.8) is 0 Å². The largest absolute Gasteiger partial charge is 0.508 e. The number of benzene rings is 2. The number of nitrogens with two attached hydrogens (primary N) is 1. The van der Waals surface area contributed by atoms with Crippen molar-refractivity contribution in [2.75, 3.05) is 5.32 Å². The molecule has 0 aliphatic heterocycles. The number of amides is 4. The lowest BCUT2D eigenvalue weighted by atomic mass is 10.00. The van der Waals surface area contributed by atoms with Crippen LogP contribution in [0.5, 0.6) is 5.75 Å². The molecule has 4 atom stereocenters. The topological polar surface area (TPSA) is 151 Å². The molecule has 0 saturated heterocycles. The summed E-state index contributed by atoms with van der Waals surface area (Å²) in [6.45, 7) is 8.76. The lowest BCUT2D eigenvalue weighted by Gasteiger charge is -2.35. The molecule has 1 saturated carbocycles. The number of carbonyl (C=O) groups is 4. The maximum Gasteiger partial charge on any atom is 0.408 e. The summed E-state index contributed by atoms with van der Waals surface area (Å²) in [6.07, 6.45) is -0.796. The number of carbonyl (C=O) groups excluding carboxylic acids is 4. The highest BCUT2D eigenvalue weighted by Crippen LogP contribution is 2.42. The molecule has 204 valence electrons. The van der Waals surface area contributed by atoms with Crippen LogP contribution in [0.25, 0.3) is 0 Å². The first-order valence-corrected chi connectivity index (χ1v) is 12.5. The Kier molecular flexibility index (Phi) is 8.65. The van der Waals surface area contributed by atoms with E-state index in [1.807, 2.05) is 26.0 Å². The van der Waals surface area contributed by atoms with Crippen LogP contribution in [0, 0.1) is 12.8 Å². The SMILES string of the molecule is Cc1ccccc1NC(=O)C(c1ccccc1O)N(C(=O)C(CC(N)=O)NC(=O)OC(C)(C)C)C1CC1C. The number of nitrogens with zero attached hydrogens (tertiary/aromatic N) is 1. The molecule has 2 aromatic carbocycles. The van der Waals surface area contributed by atoms with Gasteiger partial charge in [0.1, 0.15) is 23.4 Å². The number of aryl methyl sites for hydroxylation is 1. The molecule has 10 heteroatoms. The van der Waals surface area contributed by atoms with E-state index in [2.05, 4.69) is 10.6 Å². The van der Waals surface area contributed by atoms with Gasteiger partial charge in [0.05, 0.1) is 6.42 Å². The molecule has 4 amide bonds. The smallest absolute Gasteiger partial charge is 0.408 e. The Bertz CT molecular complexity index is 1210. The summed E-state index contributed by atoms with van der Waals surface area (Å²) in [5.41, 5.74) is 6.15. The first kappa shape index (κ1) is 28.5. The number of anilines is 1. The molecule has 5 N–H and O–H groups in total. The zero-order valence-corrected chi connectivity index (χ0v) is 22.4. The molecule has 38 heavy (non-hydrogen) atoms. The van der Waals surface area contributed by atoms with Crippen molar-refractivity contribution in [1.29, 1.82) is 0 Å². The third kappa shape index (κ3) is 7.24. The maximum atomic E-state index is 14.0. The van der Waals surface area contributed by atoms with Gasteiger partial charge in [-0.05, 0) is 57.7 Å². The second-order valence-electron chi connectivity index (χ2n) is 10.7. The summed E-state index contributed by atoms with van der Waals surface area (Å²) in [6, 6.07) is 10.4. The van der Waals surface area contributed by atoms with Crippen molar-refractivity contribution >= 4 is 29.5 Å². The molecule has 0 radical (unpaired) electrons. The van der Waals surface area contributed by atoms with Crippen LogP contribution < -0.4 is 16.4 Å². The fourth-order valence-electron chi connectivity index (χ4n) is 4.25. The number of phenolic OH excluding ortho intramolecular Hbond substituents is 1. The summed E-state index contributed by atoms with van der Waals surface area (Å²) < 4.78 is 5.29. The van der Waals surface area contributed by atoms with Crippen LogP contribution in [0.2, 0.25) is 0 Å². The Morgan fingerprint density at radius 1 is 1.11 bits per heavy atom. The number of para-hydroxylation sites is 2. The minimum atomic E-state index is -1.38. The van der Waals surface area contributed by atoms with E-state index in [9.17, 15) is 24.3 Å². The predicted octanol–water partition coefficient (Wildman–Crippen LogP) is 3.39. The van der Waals surface area contributed by atoms with E-state index in [4.69, 9.17) is 10.5 Å². The highest BCUT2D eigenvalue weighted by Gasteiger charge is 2.49. The molecular weight excluding hydrogens is 488 g/mol. The van der Waals surface area contributed by atoms with Gasteiger partial charge >= 0.3 is 6.09 Å². The van der Waals surface area contributed by atoms with E-state index in [1.165, 1.54) is 11.0 Å². The maximum absolute atomic E-state index is 14.0. The van der Waals surface area contributed by atoms with Crippen molar-refractivity contribution < 1.29 is 29.0 Å². The van der Waals surface area contributed by atoms with E-state index >= 15 is 0 Å². The summed E-state index contributed by atoms with van der Waals surface area (Å²) in [4.78, 5) is 53.7. The number of hydrogen-bond donors (Lipinski definition) is 4. The zero-order chi connectivity index (χ0) is 28.2. The number of hydrogen-bond acceptors (Lipinski definition) is 6. The molecule has 0 spiro atoms. The van der Waals surface area contributed by atoms with Crippen LogP contribution in [0.15, 0.2) is 48.5 Å². The van der Waals surface area contributed by atoms with Crippen LogP contribution in [-0.4, -0.2) is 51.5 Å². The number of rotatable bonds is 9. The third-order valence-corrected chi connectivity index (χ3v) is 6.23. The minimum Gasteiger partial charge on any atom is -0.508 e. The van der Waals surface area contributed by atoms with Crippen LogP contribution in [0.1, 0.15) is 57.7 Å². The number of nitrogens with one attached hydrogen (secondary N) is 2. The van der Waals surface area contributed by atoms with Crippen molar-refractivity contribution in [3.05, 3.63) is 59.7 Å². The number of phenols is 1. The molecule has 0 heterocycles. The highest BCUT2D eigenvalue weighted by atomic mass is 16.6.